The molecule has 0 aromatic heterocycles. The summed E-state index contributed by atoms with van der Waals surface area (Å²) in [6, 6.07) is 9.35. The van der Waals surface area contributed by atoms with Gasteiger partial charge in [0.15, 0.2) is 11.5 Å². The van der Waals surface area contributed by atoms with Crippen LogP contribution in [0.2, 0.25) is 5.02 Å². The Balaban J connectivity index is 1.67. The van der Waals surface area contributed by atoms with Gasteiger partial charge in [0.1, 0.15) is 5.82 Å². The number of hydrogen-bond acceptors (Lipinski definition) is 3. The quantitative estimate of drug-likeness (QED) is 0.874. The summed E-state index contributed by atoms with van der Waals surface area (Å²) in [7, 11) is 0. The molecule has 2 aromatic carbocycles. The van der Waals surface area contributed by atoms with E-state index in [-0.39, 0.29) is 17.7 Å². The number of rotatable bonds is 3. The summed E-state index contributed by atoms with van der Waals surface area (Å²) in [5, 5.41) is 2.56. The number of hydrogen-bond donors (Lipinski definition) is 1. The van der Waals surface area contributed by atoms with Crippen LogP contribution in [0.4, 0.5) is 10.1 Å². The highest BCUT2D eigenvalue weighted by Gasteiger charge is 2.12. The maximum absolute atomic E-state index is 13.0. The van der Waals surface area contributed by atoms with Gasteiger partial charge in [-0.25, -0.2) is 4.39 Å². The molecule has 0 unspecified atom stereocenters. The lowest BCUT2D eigenvalue weighted by Gasteiger charge is -2.03. The standard InChI is InChI=1S/C16H11ClFNO3/c17-12-8-11(3-4-13(12)18)19-16(20)6-2-10-1-5-14-15(7-10)22-9-21-14/h1-8H,9H2,(H,19,20)/b6-2+. The molecule has 3 rings (SSSR count). The predicted octanol–water partition coefficient (Wildman–Crippen LogP) is 3.86. The van der Waals surface area contributed by atoms with Crippen molar-refractivity contribution in [3.63, 3.8) is 0 Å². The number of carbonyl (C=O) groups excluding carboxylic acids is 1. The minimum Gasteiger partial charge on any atom is -0.454 e. The van der Waals surface area contributed by atoms with Gasteiger partial charge in [0.05, 0.1) is 5.02 Å². The number of fused-ring (bicyclic) bond motifs is 1. The zero-order valence-corrected chi connectivity index (χ0v) is 12.1. The van der Waals surface area contributed by atoms with E-state index in [2.05, 4.69) is 5.32 Å². The van der Waals surface area contributed by atoms with E-state index in [1.165, 1.54) is 24.3 Å². The molecule has 112 valence electrons. The van der Waals surface area contributed by atoms with Crippen molar-refractivity contribution in [3.8, 4) is 11.5 Å². The summed E-state index contributed by atoms with van der Waals surface area (Å²) in [6.07, 6.45) is 3.01. The summed E-state index contributed by atoms with van der Waals surface area (Å²) in [5.41, 5.74) is 1.23. The number of anilines is 1. The highest BCUT2D eigenvalue weighted by molar-refractivity contribution is 6.31. The number of carbonyl (C=O) groups is 1. The van der Waals surface area contributed by atoms with Crippen molar-refractivity contribution in [3.05, 3.63) is 58.9 Å². The Morgan fingerprint density at radius 1 is 1.18 bits per heavy atom. The van der Waals surface area contributed by atoms with Crippen molar-refractivity contribution in [1.82, 2.24) is 0 Å². The largest absolute Gasteiger partial charge is 0.454 e. The van der Waals surface area contributed by atoms with E-state index >= 15 is 0 Å². The lowest BCUT2D eigenvalue weighted by molar-refractivity contribution is -0.111. The molecule has 0 saturated heterocycles. The fraction of sp³-hybridized carbons (Fsp3) is 0.0625. The van der Waals surface area contributed by atoms with Crippen LogP contribution in [0.1, 0.15) is 5.56 Å². The molecule has 4 nitrogen and oxygen atoms in total. The number of amides is 1. The van der Waals surface area contributed by atoms with Crippen LogP contribution in [0.15, 0.2) is 42.5 Å². The molecular formula is C16H11ClFNO3. The first-order valence-corrected chi connectivity index (χ1v) is 6.83. The third kappa shape index (κ3) is 3.20. The first-order chi connectivity index (χ1) is 10.6. The Hall–Kier alpha value is -2.53. The Kier molecular flexibility index (Phi) is 3.98. The second kappa shape index (κ2) is 6.07. The van der Waals surface area contributed by atoms with E-state index in [4.69, 9.17) is 21.1 Å². The fourth-order valence-corrected chi connectivity index (χ4v) is 2.13. The molecule has 2 aromatic rings. The molecule has 0 spiro atoms. The van der Waals surface area contributed by atoms with Gasteiger partial charge >= 0.3 is 0 Å². The average molecular weight is 320 g/mol. The highest BCUT2D eigenvalue weighted by Crippen LogP contribution is 2.32. The zero-order chi connectivity index (χ0) is 15.5. The molecule has 0 fully saturated rings. The third-order valence-electron chi connectivity index (χ3n) is 3.01. The second-order valence-corrected chi connectivity index (χ2v) is 4.97. The van der Waals surface area contributed by atoms with Crippen LogP contribution < -0.4 is 14.8 Å². The van der Waals surface area contributed by atoms with Crippen LogP contribution in [0, 0.1) is 5.82 Å². The van der Waals surface area contributed by atoms with Gasteiger partial charge in [0.2, 0.25) is 12.7 Å². The van der Waals surface area contributed by atoms with Crippen molar-refractivity contribution in [2.45, 2.75) is 0 Å². The van der Waals surface area contributed by atoms with Crippen molar-refractivity contribution >= 4 is 29.3 Å². The summed E-state index contributed by atoms with van der Waals surface area (Å²) in [5.74, 6) is 0.450. The number of benzene rings is 2. The van der Waals surface area contributed by atoms with Gasteiger partial charge in [-0.15, -0.1) is 0 Å². The average Bonchev–Trinajstić information content (AvgIpc) is 2.96. The SMILES string of the molecule is O=C(/C=C/c1ccc2c(c1)OCO2)Nc1ccc(F)c(Cl)c1. The van der Waals surface area contributed by atoms with Crippen LogP contribution in [0.3, 0.4) is 0 Å². The lowest BCUT2D eigenvalue weighted by Crippen LogP contribution is -2.07. The second-order valence-electron chi connectivity index (χ2n) is 4.56. The Morgan fingerprint density at radius 3 is 2.82 bits per heavy atom. The monoisotopic (exact) mass is 319 g/mol. The van der Waals surface area contributed by atoms with Crippen molar-refractivity contribution in [1.29, 1.82) is 0 Å². The molecule has 1 amide bonds. The molecule has 1 N–H and O–H groups in total. The van der Waals surface area contributed by atoms with E-state index in [9.17, 15) is 9.18 Å². The van der Waals surface area contributed by atoms with Gasteiger partial charge in [-0.2, -0.15) is 0 Å². The maximum Gasteiger partial charge on any atom is 0.248 e. The Morgan fingerprint density at radius 2 is 2.00 bits per heavy atom. The summed E-state index contributed by atoms with van der Waals surface area (Å²) >= 11 is 5.65. The van der Waals surface area contributed by atoms with E-state index in [1.807, 2.05) is 6.07 Å². The molecule has 1 aliphatic heterocycles. The van der Waals surface area contributed by atoms with E-state index in [1.54, 1.807) is 18.2 Å². The predicted molar refractivity (Wildman–Crippen MR) is 81.6 cm³/mol. The molecule has 22 heavy (non-hydrogen) atoms. The topological polar surface area (TPSA) is 47.6 Å². The van der Waals surface area contributed by atoms with Crippen molar-refractivity contribution in [2.24, 2.45) is 0 Å². The van der Waals surface area contributed by atoms with E-state index in [0.717, 1.165) is 5.56 Å². The number of ether oxygens (including phenoxy) is 2. The fourth-order valence-electron chi connectivity index (χ4n) is 1.95. The molecule has 0 atom stereocenters. The van der Waals surface area contributed by atoms with Crippen LogP contribution in [-0.2, 0) is 4.79 Å². The molecule has 0 radical (unpaired) electrons. The van der Waals surface area contributed by atoms with Gasteiger partial charge in [0, 0.05) is 11.8 Å². The normalized spacial score (nSPS) is 12.6. The van der Waals surface area contributed by atoms with Crippen LogP contribution in [0.25, 0.3) is 6.08 Å². The van der Waals surface area contributed by atoms with Crippen molar-refractivity contribution < 1.29 is 18.7 Å². The van der Waals surface area contributed by atoms with Gasteiger partial charge in [-0.1, -0.05) is 17.7 Å². The molecule has 0 bridgehead atoms. The van der Waals surface area contributed by atoms with E-state index < -0.39 is 5.82 Å². The number of nitrogens with one attached hydrogen (secondary N) is 1. The highest BCUT2D eigenvalue weighted by atomic mass is 35.5. The molecule has 1 heterocycles. The third-order valence-corrected chi connectivity index (χ3v) is 3.30. The van der Waals surface area contributed by atoms with Gasteiger partial charge in [0.25, 0.3) is 0 Å². The van der Waals surface area contributed by atoms with Gasteiger partial charge in [-0.3, -0.25) is 4.79 Å². The van der Waals surface area contributed by atoms with Crippen LogP contribution in [0.5, 0.6) is 11.5 Å². The molecule has 6 heteroatoms. The minimum absolute atomic E-state index is 0.0439. The van der Waals surface area contributed by atoms with E-state index in [0.29, 0.717) is 17.2 Å². The first-order valence-electron chi connectivity index (χ1n) is 6.45. The molecule has 1 aliphatic rings. The summed E-state index contributed by atoms with van der Waals surface area (Å²) in [4.78, 5) is 11.8. The minimum atomic E-state index is -0.532. The molecular weight excluding hydrogens is 309 g/mol. The Bertz CT molecular complexity index is 761. The molecule has 0 aliphatic carbocycles. The molecule has 0 saturated carbocycles. The maximum atomic E-state index is 13.0. The van der Waals surface area contributed by atoms with Gasteiger partial charge in [-0.05, 0) is 42.0 Å². The first kappa shape index (κ1) is 14.4. The lowest BCUT2D eigenvalue weighted by atomic mass is 10.2. The summed E-state index contributed by atoms with van der Waals surface area (Å²) in [6.45, 7) is 0.203. The van der Waals surface area contributed by atoms with Crippen LogP contribution >= 0.6 is 11.6 Å². The van der Waals surface area contributed by atoms with Crippen molar-refractivity contribution in [2.75, 3.05) is 12.1 Å². The number of halogens is 2. The Labute approximate surface area is 131 Å². The van der Waals surface area contributed by atoms with Gasteiger partial charge < -0.3 is 14.8 Å². The summed E-state index contributed by atoms with van der Waals surface area (Å²) < 4.78 is 23.5. The zero-order valence-electron chi connectivity index (χ0n) is 11.3. The smallest absolute Gasteiger partial charge is 0.248 e. The van der Waals surface area contributed by atoms with Crippen LogP contribution in [-0.4, -0.2) is 12.7 Å².